The molecule has 1 aliphatic heterocycles. The highest BCUT2D eigenvalue weighted by atomic mass is 35.5. The highest BCUT2D eigenvalue weighted by Crippen LogP contribution is 2.19. The first-order valence-corrected chi connectivity index (χ1v) is 8.28. The van der Waals surface area contributed by atoms with E-state index in [4.69, 9.17) is 11.6 Å². The molecule has 1 aliphatic rings. The lowest BCUT2D eigenvalue weighted by molar-refractivity contribution is -0.129. The molecule has 5 heteroatoms. The van der Waals surface area contributed by atoms with Gasteiger partial charge in [0.05, 0.1) is 5.92 Å². The average molecular weight is 323 g/mol. The summed E-state index contributed by atoms with van der Waals surface area (Å²) in [6, 6.07) is 7.44. The number of carbonyl (C=O) groups excluding carboxylic acids is 2. The summed E-state index contributed by atoms with van der Waals surface area (Å²) in [5, 5.41) is 3.53. The van der Waals surface area contributed by atoms with Crippen molar-refractivity contribution in [3.05, 3.63) is 34.9 Å². The molecule has 0 aliphatic carbocycles. The van der Waals surface area contributed by atoms with E-state index in [0.29, 0.717) is 24.5 Å². The third kappa shape index (κ3) is 4.47. The number of halogens is 1. The minimum atomic E-state index is -0.239. The lowest BCUT2D eigenvalue weighted by atomic mass is 10.1. The number of hydrogen-bond acceptors (Lipinski definition) is 2. The Morgan fingerprint density at radius 2 is 2.14 bits per heavy atom. The number of amides is 2. The summed E-state index contributed by atoms with van der Waals surface area (Å²) in [7, 11) is 0. The molecule has 1 heterocycles. The van der Waals surface area contributed by atoms with Crippen molar-refractivity contribution in [1.29, 1.82) is 0 Å². The second kappa shape index (κ2) is 8.18. The van der Waals surface area contributed by atoms with E-state index in [2.05, 4.69) is 12.2 Å². The molecule has 2 amide bonds. The maximum absolute atomic E-state index is 12.2. The van der Waals surface area contributed by atoms with Gasteiger partial charge in [0, 0.05) is 31.1 Å². The highest BCUT2D eigenvalue weighted by Gasteiger charge is 2.33. The van der Waals surface area contributed by atoms with Crippen LogP contribution in [-0.2, 0) is 16.1 Å². The van der Waals surface area contributed by atoms with E-state index < -0.39 is 0 Å². The van der Waals surface area contributed by atoms with Crippen LogP contribution in [-0.4, -0.2) is 29.8 Å². The van der Waals surface area contributed by atoms with E-state index >= 15 is 0 Å². The van der Waals surface area contributed by atoms with Crippen LogP contribution < -0.4 is 5.32 Å². The third-order valence-corrected chi connectivity index (χ3v) is 4.40. The molecule has 2 rings (SSSR count). The summed E-state index contributed by atoms with van der Waals surface area (Å²) >= 11 is 6.07. The Morgan fingerprint density at radius 3 is 2.86 bits per heavy atom. The number of carbonyl (C=O) groups is 2. The summed E-state index contributed by atoms with van der Waals surface area (Å²) in [4.78, 5) is 26.0. The Hall–Kier alpha value is -1.55. The van der Waals surface area contributed by atoms with Crippen LogP contribution in [0, 0.1) is 5.92 Å². The number of unbranched alkanes of at least 4 members (excludes halogenated alkanes) is 2. The van der Waals surface area contributed by atoms with Gasteiger partial charge >= 0.3 is 0 Å². The van der Waals surface area contributed by atoms with Crippen molar-refractivity contribution in [2.45, 2.75) is 39.2 Å². The number of likely N-dealkylation sites (tertiary alicyclic amines) is 1. The summed E-state index contributed by atoms with van der Waals surface area (Å²) in [6.45, 7) is 3.84. The SMILES string of the molecule is CCCCCN1CC(C(=O)NCc2ccccc2Cl)CC1=O. The fourth-order valence-electron chi connectivity index (χ4n) is 2.68. The van der Waals surface area contributed by atoms with Crippen LogP contribution in [0.2, 0.25) is 5.02 Å². The zero-order valence-corrected chi connectivity index (χ0v) is 13.7. The Morgan fingerprint density at radius 1 is 1.36 bits per heavy atom. The van der Waals surface area contributed by atoms with E-state index in [9.17, 15) is 9.59 Å². The minimum Gasteiger partial charge on any atom is -0.352 e. The van der Waals surface area contributed by atoms with Gasteiger partial charge in [-0.3, -0.25) is 9.59 Å². The lowest BCUT2D eigenvalue weighted by Gasteiger charge is -2.16. The van der Waals surface area contributed by atoms with Crippen molar-refractivity contribution in [3.63, 3.8) is 0 Å². The Kier molecular flexibility index (Phi) is 6.25. The standard InChI is InChI=1S/C17H23ClN2O2/c1-2-3-6-9-20-12-14(10-16(20)21)17(22)19-11-13-7-4-5-8-15(13)18/h4-5,7-8,14H,2-3,6,9-12H2,1H3,(H,19,22). The average Bonchev–Trinajstić information content (AvgIpc) is 2.88. The van der Waals surface area contributed by atoms with Crippen molar-refractivity contribution in [2.75, 3.05) is 13.1 Å². The molecule has 1 N–H and O–H groups in total. The molecule has 4 nitrogen and oxygen atoms in total. The number of nitrogens with zero attached hydrogens (tertiary/aromatic N) is 1. The Balaban J connectivity index is 1.81. The molecular formula is C17H23ClN2O2. The van der Waals surface area contributed by atoms with Crippen LogP contribution in [0.4, 0.5) is 0 Å². The second-order valence-corrected chi connectivity index (χ2v) is 6.16. The second-order valence-electron chi connectivity index (χ2n) is 5.76. The first kappa shape index (κ1) is 16.8. The van der Waals surface area contributed by atoms with Gasteiger partial charge in [-0.2, -0.15) is 0 Å². The molecule has 1 atom stereocenters. The molecular weight excluding hydrogens is 300 g/mol. The number of nitrogens with one attached hydrogen (secondary N) is 1. The predicted octanol–water partition coefficient (Wildman–Crippen LogP) is 2.99. The highest BCUT2D eigenvalue weighted by molar-refractivity contribution is 6.31. The fourth-order valence-corrected chi connectivity index (χ4v) is 2.89. The normalized spacial score (nSPS) is 17.8. The molecule has 22 heavy (non-hydrogen) atoms. The van der Waals surface area contributed by atoms with Crippen molar-refractivity contribution >= 4 is 23.4 Å². The zero-order valence-electron chi connectivity index (χ0n) is 13.0. The third-order valence-electron chi connectivity index (χ3n) is 4.03. The molecule has 0 aromatic heterocycles. The summed E-state index contributed by atoms with van der Waals surface area (Å²) in [5.74, 6) is -0.211. The number of benzene rings is 1. The Bertz CT molecular complexity index is 533. The minimum absolute atomic E-state index is 0.0636. The summed E-state index contributed by atoms with van der Waals surface area (Å²) < 4.78 is 0. The molecule has 1 fully saturated rings. The van der Waals surface area contributed by atoms with Gasteiger partial charge in [-0.25, -0.2) is 0 Å². The van der Waals surface area contributed by atoms with Crippen LogP contribution in [0.5, 0.6) is 0 Å². The predicted molar refractivity (Wildman–Crippen MR) is 87.5 cm³/mol. The fraction of sp³-hybridized carbons (Fsp3) is 0.529. The largest absolute Gasteiger partial charge is 0.352 e. The van der Waals surface area contributed by atoms with Crippen LogP contribution in [0.25, 0.3) is 0 Å². The first-order valence-electron chi connectivity index (χ1n) is 7.90. The van der Waals surface area contributed by atoms with Crippen LogP contribution in [0.1, 0.15) is 38.2 Å². The van der Waals surface area contributed by atoms with Gasteiger partial charge in [0.2, 0.25) is 11.8 Å². The molecule has 1 saturated heterocycles. The monoisotopic (exact) mass is 322 g/mol. The molecule has 0 saturated carbocycles. The van der Waals surface area contributed by atoms with Crippen molar-refractivity contribution in [1.82, 2.24) is 10.2 Å². The van der Waals surface area contributed by atoms with E-state index in [1.54, 1.807) is 6.07 Å². The molecule has 0 spiro atoms. The quantitative estimate of drug-likeness (QED) is 0.785. The lowest BCUT2D eigenvalue weighted by Crippen LogP contribution is -2.33. The number of hydrogen-bond donors (Lipinski definition) is 1. The topological polar surface area (TPSA) is 49.4 Å². The molecule has 120 valence electrons. The maximum Gasteiger partial charge on any atom is 0.225 e. The van der Waals surface area contributed by atoms with Gasteiger partial charge in [0.15, 0.2) is 0 Å². The van der Waals surface area contributed by atoms with E-state index in [1.165, 1.54) is 0 Å². The van der Waals surface area contributed by atoms with Gasteiger partial charge in [0.1, 0.15) is 0 Å². The van der Waals surface area contributed by atoms with Gasteiger partial charge in [-0.05, 0) is 18.1 Å². The molecule has 0 radical (unpaired) electrons. The van der Waals surface area contributed by atoms with Gasteiger partial charge in [0.25, 0.3) is 0 Å². The van der Waals surface area contributed by atoms with E-state index in [0.717, 1.165) is 31.4 Å². The maximum atomic E-state index is 12.2. The van der Waals surface area contributed by atoms with Crippen molar-refractivity contribution in [3.8, 4) is 0 Å². The molecule has 1 aromatic rings. The van der Waals surface area contributed by atoms with Crippen molar-refractivity contribution in [2.24, 2.45) is 5.92 Å². The smallest absolute Gasteiger partial charge is 0.225 e. The zero-order chi connectivity index (χ0) is 15.9. The van der Waals surface area contributed by atoms with Crippen LogP contribution in [0.15, 0.2) is 24.3 Å². The summed E-state index contributed by atoms with van der Waals surface area (Å²) in [5.41, 5.74) is 0.890. The number of rotatable bonds is 7. The molecule has 1 aromatic carbocycles. The van der Waals surface area contributed by atoms with E-state index in [1.807, 2.05) is 23.1 Å². The Labute approximate surface area is 136 Å². The van der Waals surface area contributed by atoms with Crippen molar-refractivity contribution < 1.29 is 9.59 Å². The summed E-state index contributed by atoms with van der Waals surface area (Å²) in [6.07, 6.45) is 3.58. The van der Waals surface area contributed by atoms with Gasteiger partial charge in [-0.1, -0.05) is 49.6 Å². The van der Waals surface area contributed by atoms with Gasteiger partial charge < -0.3 is 10.2 Å². The molecule has 1 unspecified atom stereocenters. The first-order chi connectivity index (χ1) is 10.6. The molecule has 0 bridgehead atoms. The van der Waals surface area contributed by atoms with E-state index in [-0.39, 0.29) is 17.7 Å². The van der Waals surface area contributed by atoms with Gasteiger partial charge in [-0.15, -0.1) is 0 Å². The van der Waals surface area contributed by atoms with Crippen LogP contribution >= 0.6 is 11.6 Å². The van der Waals surface area contributed by atoms with Crippen LogP contribution in [0.3, 0.4) is 0 Å².